The molecule has 0 amide bonds. The fourth-order valence-corrected chi connectivity index (χ4v) is 5.63. The molecule has 2 aromatic rings. The van der Waals surface area contributed by atoms with E-state index in [9.17, 15) is 8.42 Å². The molecule has 0 atom stereocenters. The molecule has 0 unspecified atom stereocenters. The standard InChI is InChI=1S/C19H29N3O3S2/c1-4-21(5-2)27(23,24)16-11-12-18-17(13-16)22(19(26)25-18)14-20(3)15-9-7-6-8-10-15/h11-13,15H,4-10,14H2,1-3H3. The molecule has 0 saturated heterocycles. The molecule has 1 aliphatic carbocycles. The first-order valence-electron chi connectivity index (χ1n) is 9.72. The third kappa shape index (κ3) is 4.13. The molecule has 0 N–H and O–H groups in total. The van der Waals surface area contributed by atoms with Crippen LogP contribution in [0.2, 0.25) is 0 Å². The molecule has 8 heteroatoms. The van der Waals surface area contributed by atoms with Gasteiger partial charge in [0.2, 0.25) is 10.0 Å². The molecule has 6 nitrogen and oxygen atoms in total. The van der Waals surface area contributed by atoms with Crippen molar-refractivity contribution in [2.75, 3.05) is 20.1 Å². The van der Waals surface area contributed by atoms with Crippen molar-refractivity contribution in [3.8, 4) is 0 Å². The topological polar surface area (TPSA) is 58.7 Å². The maximum absolute atomic E-state index is 12.9. The van der Waals surface area contributed by atoms with E-state index in [1.54, 1.807) is 18.2 Å². The molecular weight excluding hydrogens is 382 g/mol. The van der Waals surface area contributed by atoms with Crippen LogP contribution in [0.15, 0.2) is 27.5 Å². The first-order valence-corrected chi connectivity index (χ1v) is 11.6. The highest BCUT2D eigenvalue weighted by Crippen LogP contribution is 2.26. The Hall–Kier alpha value is -1.22. The van der Waals surface area contributed by atoms with E-state index >= 15 is 0 Å². The van der Waals surface area contributed by atoms with Crippen LogP contribution in [-0.4, -0.2) is 48.4 Å². The average Bonchev–Trinajstić information content (AvgIpc) is 2.98. The fraction of sp³-hybridized carbons (Fsp3) is 0.632. The van der Waals surface area contributed by atoms with Gasteiger partial charge in [-0.05, 0) is 50.3 Å². The fourth-order valence-electron chi connectivity index (χ4n) is 3.91. The quantitative estimate of drug-likeness (QED) is 0.639. The molecule has 1 fully saturated rings. The third-order valence-electron chi connectivity index (χ3n) is 5.54. The maximum atomic E-state index is 12.9. The van der Waals surface area contributed by atoms with Gasteiger partial charge >= 0.3 is 0 Å². The second kappa shape index (κ2) is 8.43. The van der Waals surface area contributed by atoms with Crippen LogP contribution in [0.5, 0.6) is 0 Å². The van der Waals surface area contributed by atoms with Crippen LogP contribution < -0.4 is 0 Å². The van der Waals surface area contributed by atoms with Crippen LogP contribution in [0.1, 0.15) is 46.0 Å². The zero-order valence-corrected chi connectivity index (χ0v) is 18.0. The van der Waals surface area contributed by atoms with E-state index < -0.39 is 10.0 Å². The van der Waals surface area contributed by atoms with Crippen LogP contribution >= 0.6 is 12.2 Å². The highest BCUT2D eigenvalue weighted by Gasteiger charge is 2.24. The van der Waals surface area contributed by atoms with Gasteiger partial charge < -0.3 is 4.42 Å². The van der Waals surface area contributed by atoms with E-state index in [-0.39, 0.29) is 4.90 Å². The third-order valence-corrected chi connectivity index (χ3v) is 7.89. The minimum atomic E-state index is -3.52. The van der Waals surface area contributed by atoms with Crippen LogP contribution in [0.4, 0.5) is 0 Å². The van der Waals surface area contributed by atoms with Crippen LogP contribution in [0, 0.1) is 4.84 Å². The van der Waals surface area contributed by atoms with Crippen molar-refractivity contribution in [3.63, 3.8) is 0 Å². The molecule has 0 bridgehead atoms. The summed E-state index contributed by atoms with van der Waals surface area (Å²) in [6, 6.07) is 5.53. The number of hydrogen-bond donors (Lipinski definition) is 0. The van der Waals surface area contributed by atoms with Crippen LogP contribution in [0.25, 0.3) is 11.1 Å². The smallest absolute Gasteiger partial charge is 0.270 e. The summed E-state index contributed by atoms with van der Waals surface area (Å²) < 4.78 is 34.8. The largest absolute Gasteiger partial charge is 0.429 e. The maximum Gasteiger partial charge on any atom is 0.270 e. The van der Waals surface area contributed by atoms with E-state index in [0.717, 1.165) is 5.52 Å². The second-order valence-corrected chi connectivity index (χ2v) is 9.49. The summed E-state index contributed by atoms with van der Waals surface area (Å²) >= 11 is 5.42. The first kappa shape index (κ1) is 20.5. The van der Waals surface area contributed by atoms with E-state index in [2.05, 4.69) is 11.9 Å². The minimum absolute atomic E-state index is 0.281. The summed E-state index contributed by atoms with van der Waals surface area (Å²) in [6.45, 7) is 5.18. The van der Waals surface area contributed by atoms with E-state index in [4.69, 9.17) is 16.6 Å². The number of sulfonamides is 1. The van der Waals surface area contributed by atoms with Crippen molar-refractivity contribution in [1.29, 1.82) is 0 Å². The highest BCUT2D eigenvalue weighted by molar-refractivity contribution is 7.89. The molecular formula is C19H29N3O3S2. The monoisotopic (exact) mass is 411 g/mol. The van der Waals surface area contributed by atoms with Gasteiger partial charge in [0.1, 0.15) is 0 Å². The van der Waals surface area contributed by atoms with Gasteiger partial charge in [-0.2, -0.15) is 4.31 Å². The van der Waals surface area contributed by atoms with Crippen molar-refractivity contribution >= 4 is 33.3 Å². The normalized spacial score (nSPS) is 16.6. The average molecular weight is 412 g/mol. The van der Waals surface area contributed by atoms with Gasteiger partial charge in [-0.25, -0.2) is 8.42 Å². The number of oxazole rings is 1. The summed E-state index contributed by atoms with van der Waals surface area (Å²) in [5, 5.41) is 0. The molecule has 1 aromatic heterocycles. The Bertz CT molecular complexity index is 939. The highest BCUT2D eigenvalue weighted by atomic mass is 32.2. The Balaban J connectivity index is 1.96. The van der Waals surface area contributed by atoms with Gasteiger partial charge in [0.15, 0.2) is 5.58 Å². The molecule has 0 radical (unpaired) electrons. The summed E-state index contributed by atoms with van der Waals surface area (Å²) in [7, 11) is -1.41. The van der Waals surface area contributed by atoms with Gasteiger partial charge in [-0.15, -0.1) is 0 Å². The van der Waals surface area contributed by atoms with Gasteiger partial charge in [0.05, 0.1) is 17.1 Å². The summed E-state index contributed by atoms with van der Waals surface area (Å²) in [4.78, 5) is 2.96. The Labute approximate surface area is 166 Å². The predicted octanol–water partition coefficient (Wildman–Crippen LogP) is 4.22. The van der Waals surface area contributed by atoms with Gasteiger partial charge in [-0.1, -0.05) is 33.1 Å². The Kier molecular flexibility index (Phi) is 6.40. The molecule has 1 saturated carbocycles. The molecule has 0 aliphatic heterocycles. The number of benzene rings is 1. The summed E-state index contributed by atoms with van der Waals surface area (Å²) in [6.07, 6.45) is 6.23. The molecule has 150 valence electrons. The van der Waals surface area contributed by atoms with Crippen molar-refractivity contribution in [2.45, 2.75) is 63.6 Å². The lowest BCUT2D eigenvalue weighted by Gasteiger charge is -2.31. The molecule has 1 aliphatic rings. The number of fused-ring (bicyclic) bond motifs is 1. The van der Waals surface area contributed by atoms with Crippen molar-refractivity contribution in [1.82, 2.24) is 13.8 Å². The lowest BCUT2D eigenvalue weighted by Crippen LogP contribution is -2.34. The zero-order chi connectivity index (χ0) is 19.6. The molecule has 0 spiro atoms. The molecule has 27 heavy (non-hydrogen) atoms. The first-order chi connectivity index (χ1) is 12.9. The lowest BCUT2D eigenvalue weighted by molar-refractivity contribution is 0.153. The molecule has 1 heterocycles. The Morgan fingerprint density at radius 2 is 1.85 bits per heavy atom. The Morgan fingerprint density at radius 1 is 1.19 bits per heavy atom. The summed E-state index contributed by atoms with van der Waals surface area (Å²) in [5.74, 6) is 0. The minimum Gasteiger partial charge on any atom is -0.429 e. The number of aromatic nitrogens is 1. The number of nitrogens with zero attached hydrogens (tertiary/aromatic N) is 3. The SMILES string of the molecule is CCN(CC)S(=O)(=O)c1ccc2oc(=S)n(CN(C)C3CCCCC3)c2c1. The lowest BCUT2D eigenvalue weighted by atomic mass is 9.95. The predicted molar refractivity (Wildman–Crippen MR) is 110 cm³/mol. The second-order valence-electron chi connectivity index (χ2n) is 7.21. The summed E-state index contributed by atoms with van der Waals surface area (Å²) in [5.41, 5.74) is 1.35. The van der Waals surface area contributed by atoms with Crippen molar-refractivity contribution in [3.05, 3.63) is 23.0 Å². The molecule has 3 rings (SSSR count). The number of hydrogen-bond acceptors (Lipinski definition) is 5. The van der Waals surface area contributed by atoms with Gasteiger partial charge in [-0.3, -0.25) is 9.47 Å². The number of rotatable bonds is 7. The van der Waals surface area contributed by atoms with Crippen LogP contribution in [0.3, 0.4) is 0 Å². The molecule has 1 aromatic carbocycles. The van der Waals surface area contributed by atoms with Crippen LogP contribution in [-0.2, 0) is 16.7 Å². The van der Waals surface area contributed by atoms with E-state index in [1.165, 1.54) is 36.4 Å². The zero-order valence-electron chi connectivity index (χ0n) is 16.3. The van der Waals surface area contributed by atoms with E-state index in [0.29, 0.717) is 36.2 Å². The van der Waals surface area contributed by atoms with Crippen molar-refractivity contribution < 1.29 is 12.8 Å². The Morgan fingerprint density at radius 3 is 2.48 bits per heavy atom. The van der Waals surface area contributed by atoms with E-state index in [1.807, 2.05) is 18.4 Å². The van der Waals surface area contributed by atoms with Gasteiger partial charge in [0.25, 0.3) is 4.84 Å². The van der Waals surface area contributed by atoms with Crippen molar-refractivity contribution in [2.24, 2.45) is 0 Å². The van der Waals surface area contributed by atoms with Gasteiger partial charge in [0, 0.05) is 19.1 Å².